The molecule has 5 rings (SSSR count). The van der Waals surface area contributed by atoms with Crippen LogP contribution >= 0.6 is 0 Å². The number of para-hydroxylation sites is 1. The van der Waals surface area contributed by atoms with E-state index in [9.17, 15) is 14.7 Å². The first-order chi connectivity index (χ1) is 18.8. The zero-order chi connectivity index (χ0) is 29.0. The first-order valence-corrected chi connectivity index (χ1v) is 14.4. The lowest BCUT2D eigenvalue weighted by molar-refractivity contribution is -0.133. The number of anilines is 1. The van der Waals surface area contributed by atoms with E-state index in [-0.39, 0.29) is 22.6 Å². The quantitative estimate of drug-likeness (QED) is 0.384. The fourth-order valence-electron chi connectivity index (χ4n) is 6.70. The van der Waals surface area contributed by atoms with Crippen LogP contribution in [-0.2, 0) is 32.4 Å². The van der Waals surface area contributed by atoms with E-state index in [1.165, 1.54) is 0 Å². The fraction of sp³-hybridized carbons (Fsp3) is 0.429. The van der Waals surface area contributed by atoms with E-state index < -0.39 is 11.5 Å². The number of benzene rings is 3. The molecule has 0 bridgehead atoms. The number of phenols is 1. The molecule has 2 aliphatic heterocycles. The van der Waals surface area contributed by atoms with Crippen LogP contribution in [0.2, 0.25) is 0 Å². The van der Waals surface area contributed by atoms with E-state index >= 15 is 0 Å². The molecular weight excluding hydrogens is 496 g/mol. The second-order valence-corrected chi connectivity index (χ2v) is 13.4. The molecule has 1 N–H and O–H groups in total. The second kappa shape index (κ2) is 9.79. The molecule has 40 heavy (non-hydrogen) atoms. The molecule has 2 aliphatic rings. The van der Waals surface area contributed by atoms with Gasteiger partial charge >= 0.3 is 0 Å². The minimum atomic E-state index is -0.905. The van der Waals surface area contributed by atoms with Gasteiger partial charge in [0.1, 0.15) is 11.2 Å². The number of aromatic hydroxyl groups is 1. The molecule has 210 valence electrons. The van der Waals surface area contributed by atoms with Crippen molar-refractivity contribution in [3.05, 3.63) is 94.5 Å². The predicted octanol–water partition coefficient (Wildman–Crippen LogP) is 7.16. The van der Waals surface area contributed by atoms with Gasteiger partial charge in [-0.15, -0.1) is 0 Å². The first kappa shape index (κ1) is 27.9. The van der Waals surface area contributed by atoms with Gasteiger partial charge in [-0.25, -0.2) is 0 Å². The van der Waals surface area contributed by atoms with E-state index in [0.717, 1.165) is 33.5 Å². The molecule has 1 fully saturated rings. The maximum atomic E-state index is 14.8. The SMILES string of the molecule is CCC(=O)N1CC[C@]2(C(=O)N(Cc3ccccc3)c3ccccc32)[C@H]1c1cc(C(C)(C)C)c(O)c(C(C)(C)C)c1. The molecule has 0 aliphatic carbocycles. The number of fused-ring (bicyclic) bond motifs is 2. The van der Waals surface area contributed by atoms with Crippen LogP contribution in [0.15, 0.2) is 66.7 Å². The largest absolute Gasteiger partial charge is 0.507 e. The predicted molar refractivity (Wildman–Crippen MR) is 161 cm³/mol. The highest BCUT2D eigenvalue weighted by molar-refractivity contribution is 6.09. The summed E-state index contributed by atoms with van der Waals surface area (Å²) in [5.41, 5.74) is 3.97. The maximum Gasteiger partial charge on any atom is 0.240 e. The van der Waals surface area contributed by atoms with Gasteiger partial charge in [0.05, 0.1) is 12.6 Å². The number of phenolic OH excluding ortho intramolecular Hbond substituents is 1. The zero-order valence-corrected chi connectivity index (χ0v) is 24.9. The van der Waals surface area contributed by atoms with Crippen molar-refractivity contribution in [2.45, 2.75) is 90.1 Å². The Bertz CT molecular complexity index is 1410. The Morgan fingerprint density at radius 2 is 1.50 bits per heavy atom. The van der Waals surface area contributed by atoms with Gasteiger partial charge < -0.3 is 14.9 Å². The van der Waals surface area contributed by atoms with Gasteiger partial charge in [0, 0.05) is 18.7 Å². The molecule has 3 aromatic carbocycles. The summed E-state index contributed by atoms with van der Waals surface area (Å²) in [7, 11) is 0. The Hall–Kier alpha value is -3.60. The number of hydrogen-bond acceptors (Lipinski definition) is 3. The fourth-order valence-corrected chi connectivity index (χ4v) is 6.70. The lowest BCUT2D eigenvalue weighted by Crippen LogP contribution is -2.45. The molecule has 0 aromatic heterocycles. The Morgan fingerprint density at radius 3 is 2.08 bits per heavy atom. The highest BCUT2D eigenvalue weighted by atomic mass is 16.3. The van der Waals surface area contributed by atoms with Crippen LogP contribution in [0.3, 0.4) is 0 Å². The number of rotatable bonds is 4. The average molecular weight is 539 g/mol. The topological polar surface area (TPSA) is 60.9 Å². The summed E-state index contributed by atoms with van der Waals surface area (Å²) in [5, 5.41) is 11.5. The summed E-state index contributed by atoms with van der Waals surface area (Å²) >= 11 is 0. The van der Waals surface area contributed by atoms with Gasteiger partial charge in [-0.1, -0.05) is 97.0 Å². The van der Waals surface area contributed by atoms with Gasteiger partial charge in [0.15, 0.2) is 0 Å². The highest BCUT2D eigenvalue weighted by Crippen LogP contribution is 2.58. The van der Waals surface area contributed by atoms with Crippen LogP contribution < -0.4 is 4.90 Å². The van der Waals surface area contributed by atoms with E-state index in [1.807, 2.05) is 77.4 Å². The van der Waals surface area contributed by atoms with E-state index in [2.05, 4.69) is 47.6 Å². The zero-order valence-electron chi connectivity index (χ0n) is 24.9. The highest BCUT2D eigenvalue weighted by Gasteiger charge is 2.61. The number of amides is 2. The van der Waals surface area contributed by atoms with Crippen LogP contribution in [0.25, 0.3) is 0 Å². The maximum absolute atomic E-state index is 14.8. The van der Waals surface area contributed by atoms with Crippen molar-refractivity contribution in [3.63, 3.8) is 0 Å². The molecule has 0 radical (unpaired) electrons. The Balaban J connectivity index is 1.76. The normalized spacial score (nSPS) is 20.9. The van der Waals surface area contributed by atoms with Crippen molar-refractivity contribution in [2.75, 3.05) is 11.4 Å². The van der Waals surface area contributed by atoms with Gasteiger partial charge in [0.2, 0.25) is 11.8 Å². The van der Waals surface area contributed by atoms with Gasteiger partial charge in [-0.3, -0.25) is 9.59 Å². The Morgan fingerprint density at radius 1 is 0.925 bits per heavy atom. The third kappa shape index (κ3) is 4.40. The minimum absolute atomic E-state index is 0.0383. The van der Waals surface area contributed by atoms with Gasteiger partial charge in [-0.2, -0.15) is 0 Å². The van der Waals surface area contributed by atoms with Crippen LogP contribution in [0.4, 0.5) is 5.69 Å². The van der Waals surface area contributed by atoms with Crippen molar-refractivity contribution in [1.82, 2.24) is 4.90 Å². The summed E-state index contributed by atoms with van der Waals surface area (Å²) in [6.45, 7) is 15.4. The minimum Gasteiger partial charge on any atom is -0.507 e. The third-order valence-corrected chi connectivity index (χ3v) is 8.70. The average Bonchev–Trinajstić information content (AvgIpc) is 3.41. The van der Waals surface area contributed by atoms with E-state index in [4.69, 9.17) is 0 Å². The third-order valence-electron chi connectivity index (χ3n) is 8.70. The lowest BCUT2D eigenvalue weighted by Gasteiger charge is -2.37. The summed E-state index contributed by atoms with van der Waals surface area (Å²) < 4.78 is 0. The van der Waals surface area contributed by atoms with E-state index in [1.54, 1.807) is 0 Å². The molecule has 1 saturated heterocycles. The molecule has 2 amide bonds. The molecule has 2 atom stereocenters. The van der Waals surface area contributed by atoms with Gasteiger partial charge in [-0.05, 0) is 63.3 Å². The number of hydrogen-bond donors (Lipinski definition) is 1. The van der Waals surface area contributed by atoms with Crippen LogP contribution in [0.5, 0.6) is 5.75 Å². The summed E-state index contributed by atoms with van der Waals surface area (Å²) in [6.07, 6.45) is 0.924. The monoisotopic (exact) mass is 538 g/mol. The summed E-state index contributed by atoms with van der Waals surface area (Å²) in [6, 6.07) is 21.8. The van der Waals surface area contributed by atoms with Crippen molar-refractivity contribution < 1.29 is 14.7 Å². The molecule has 3 aromatic rings. The smallest absolute Gasteiger partial charge is 0.240 e. The Kier molecular flexibility index (Phi) is 6.84. The molecule has 5 nitrogen and oxygen atoms in total. The van der Waals surface area contributed by atoms with Crippen LogP contribution in [0, 0.1) is 0 Å². The van der Waals surface area contributed by atoms with Gasteiger partial charge in [0.25, 0.3) is 0 Å². The van der Waals surface area contributed by atoms with Crippen LogP contribution in [-0.4, -0.2) is 28.4 Å². The Labute approximate surface area is 238 Å². The molecule has 0 saturated carbocycles. The first-order valence-electron chi connectivity index (χ1n) is 14.4. The number of carbonyl (C=O) groups is 2. The number of carbonyl (C=O) groups excluding carboxylic acids is 2. The molecule has 1 spiro atoms. The van der Waals surface area contributed by atoms with Crippen LogP contribution in [0.1, 0.15) is 95.2 Å². The van der Waals surface area contributed by atoms with E-state index in [0.29, 0.717) is 31.7 Å². The number of nitrogens with zero attached hydrogens (tertiary/aromatic N) is 2. The summed E-state index contributed by atoms with van der Waals surface area (Å²) in [5.74, 6) is 0.376. The molecule has 0 unspecified atom stereocenters. The summed E-state index contributed by atoms with van der Waals surface area (Å²) in [4.78, 5) is 32.1. The van der Waals surface area contributed by atoms with Crippen molar-refractivity contribution in [1.29, 1.82) is 0 Å². The van der Waals surface area contributed by atoms with Crippen molar-refractivity contribution >= 4 is 17.5 Å². The lowest BCUT2D eigenvalue weighted by atomic mass is 9.70. The van der Waals surface area contributed by atoms with Crippen molar-refractivity contribution in [3.8, 4) is 5.75 Å². The molecule has 2 heterocycles. The molecular formula is C35H42N2O3. The molecule has 5 heteroatoms. The second-order valence-electron chi connectivity index (χ2n) is 13.4. The number of likely N-dealkylation sites (tertiary alicyclic amines) is 1. The van der Waals surface area contributed by atoms with Crippen molar-refractivity contribution in [2.24, 2.45) is 0 Å². The standard InChI is InChI=1S/C35H42N2O3/c1-8-29(38)36-19-18-35(31(36)24-20-26(33(2,3)4)30(39)27(21-24)34(5,6)7)25-16-12-13-17-28(25)37(32(35)40)22-23-14-10-9-11-15-23/h9-17,20-21,31,39H,8,18-19,22H2,1-7H3/t31-,35-/m1/s1.